The van der Waals surface area contributed by atoms with Crippen molar-refractivity contribution in [1.29, 1.82) is 0 Å². The smallest absolute Gasteiger partial charge is 0.273 e. The monoisotopic (exact) mass is 385 g/mol. The van der Waals surface area contributed by atoms with E-state index >= 15 is 0 Å². The van der Waals surface area contributed by atoms with E-state index in [-0.39, 0.29) is 22.7 Å². The lowest BCUT2D eigenvalue weighted by Gasteiger charge is -2.08. The second-order valence-electron chi connectivity index (χ2n) is 5.14. The number of nitro groups is 1. The number of benzene rings is 2. The van der Waals surface area contributed by atoms with Gasteiger partial charge in [0.25, 0.3) is 5.69 Å². The molecule has 0 bridgehead atoms. The molecule has 0 fully saturated rings. The molecular weight excluding hydrogens is 375 g/mol. The second-order valence-corrected chi connectivity index (χ2v) is 5.54. The van der Waals surface area contributed by atoms with Crippen LogP contribution in [0.1, 0.15) is 16.7 Å². The number of alkyl halides is 3. The number of carbonyl (C=O) groups is 1. The third-order valence-corrected chi connectivity index (χ3v) is 3.51. The average Bonchev–Trinajstić information content (AvgIpc) is 2.55. The van der Waals surface area contributed by atoms with Gasteiger partial charge in [-0.15, -0.1) is 0 Å². The van der Waals surface area contributed by atoms with Gasteiger partial charge in [0, 0.05) is 11.6 Å². The van der Waals surface area contributed by atoms with E-state index in [9.17, 15) is 28.1 Å². The van der Waals surface area contributed by atoms with Crippen LogP contribution in [0.25, 0.3) is 0 Å². The Morgan fingerprint density at radius 2 is 2.00 bits per heavy atom. The molecule has 2 aromatic rings. The van der Waals surface area contributed by atoms with Gasteiger partial charge < -0.3 is 0 Å². The summed E-state index contributed by atoms with van der Waals surface area (Å²) in [5.74, 6) is -0.635. The molecule has 1 N–H and O–H groups in total. The zero-order valence-electron chi connectivity index (χ0n) is 13.0. The predicted octanol–water partition coefficient (Wildman–Crippen LogP) is 3.96. The molecule has 0 radical (unpaired) electrons. The number of carbonyl (C=O) groups excluding carboxylic acids is 1. The fourth-order valence-corrected chi connectivity index (χ4v) is 2.20. The van der Waals surface area contributed by atoms with Crippen LogP contribution in [-0.2, 0) is 17.4 Å². The maximum atomic E-state index is 12.6. The third-order valence-electron chi connectivity index (χ3n) is 3.19. The molecule has 0 atom stereocenters. The summed E-state index contributed by atoms with van der Waals surface area (Å²) in [5.41, 5.74) is 1.48. The van der Waals surface area contributed by atoms with E-state index < -0.39 is 22.6 Å². The van der Waals surface area contributed by atoms with E-state index in [0.29, 0.717) is 5.56 Å². The molecule has 26 heavy (non-hydrogen) atoms. The van der Waals surface area contributed by atoms with Gasteiger partial charge in [-0.25, -0.2) is 5.43 Å². The Morgan fingerprint density at radius 3 is 2.65 bits per heavy atom. The number of hydrogen-bond donors (Lipinski definition) is 1. The van der Waals surface area contributed by atoms with Crippen molar-refractivity contribution in [3.63, 3.8) is 0 Å². The summed E-state index contributed by atoms with van der Waals surface area (Å²) < 4.78 is 37.9. The minimum Gasteiger partial charge on any atom is -0.273 e. The number of rotatable bonds is 5. The zero-order chi connectivity index (χ0) is 19.3. The number of nitrogens with one attached hydrogen (secondary N) is 1. The summed E-state index contributed by atoms with van der Waals surface area (Å²) in [6.07, 6.45) is -3.64. The zero-order valence-corrected chi connectivity index (χ0v) is 13.7. The highest BCUT2D eigenvalue weighted by molar-refractivity contribution is 6.32. The molecule has 0 saturated carbocycles. The van der Waals surface area contributed by atoms with Crippen LogP contribution in [-0.4, -0.2) is 17.0 Å². The van der Waals surface area contributed by atoms with E-state index in [2.05, 4.69) is 10.5 Å². The Bertz CT molecular complexity index is 869. The first-order valence-electron chi connectivity index (χ1n) is 7.09. The number of nitro benzene ring substituents is 1. The van der Waals surface area contributed by atoms with Gasteiger partial charge in [0.1, 0.15) is 5.02 Å². The van der Waals surface area contributed by atoms with Crippen molar-refractivity contribution in [1.82, 2.24) is 5.43 Å². The highest BCUT2D eigenvalue weighted by atomic mass is 35.5. The Balaban J connectivity index is 2.00. The lowest BCUT2D eigenvalue weighted by Crippen LogP contribution is -2.20. The highest BCUT2D eigenvalue weighted by Crippen LogP contribution is 2.29. The molecule has 2 rings (SSSR count). The molecule has 0 spiro atoms. The number of hydrogen-bond acceptors (Lipinski definition) is 4. The fraction of sp³-hybridized carbons (Fsp3) is 0.125. The van der Waals surface area contributed by atoms with Crippen LogP contribution >= 0.6 is 11.6 Å². The Labute approximate surface area is 150 Å². The minimum atomic E-state index is -4.49. The maximum Gasteiger partial charge on any atom is 0.416 e. The minimum absolute atomic E-state index is 0.0410. The molecule has 0 unspecified atom stereocenters. The SMILES string of the molecule is O=C(Cc1cccc(C(F)(F)F)c1)N/N=C/c1ccc(Cl)c([N+](=O)[O-])c1. The first-order chi connectivity index (χ1) is 12.2. The standard InChI is InChI=1S/C16H11ClF3N3O3/c17-13-5-4-11(7-14(13)23(25)26)9-21-22-15(24)8-10-2-1-3-12(6-10)16(18,19)20/h1-7,9H,8H2,(H,22,24)/b21-9+. The summed E-state index contributed by atoms with van der Waals surface area (Å²) in [5, 5.41) is 14.4. The molecule has 0 aliphatic heterocycles. The topological polar surface area (TPSA) is 84.6 Å². The van der Waals surface area contributed by atoms with Crippen LogP contribution in [0.2, 0.25) is 5.02 Å². The second kappa shape index (κ2) is 7.96. The van der Waals surface area contributed by atoms with Crippen LogP contribution in [0.3, 0.4) is 0 Å². The lowest BCUT2D eigenvalue weighted by atomic mass is 10.1. The first kappa shape index (κ1) is 19.4. The summed E-state index contributed by atoms with van der Waals surface area (Å²) in [7, 11) is 0. The van der Waals surface area contributed by atoms with Gasteiger partial charge in [-0.1, -0.05) is 35.9 Å². The molecule has 1 amide bonds. The van der Waals surface area contributed by atoms with E-state index in [0.717, 1.165) is 18.3 Å². The Morgan fingerprint density at radius 1 is 1.27 bits per heavy atom. The van der Waals surface area contributed by atoms with E-state index in [1.54, 1.807) is 0 Å². The number of nitrogens with zero attached hydrogens (tertiary/aromatic N) is 2. The van der Waals surface area contributed by atoms with E-state index in [1.165, 1.54) is 30.3 Å². The molecular formula is C16H11ClF3N3O3. The molecule has 0 saturated heterocycles. The Kier molecular flexibility index (Phi) is 5.93. The summed E-state index contributed by atoms with van der Waals surface area (Å²) in [6, 6.07) is 8.33. The molecule has 136 valence electrons. The molecule has 2 aromatic carbocycles. The van der Waals surface area contributed by atoms with Crippen molar-refractivity contribution in [3.05, 3.63) is 74.3 Å². The van der Waals surface area contributed by atoms with Crippen LogP contribution < -0.4 is 5.43 Å². The van der Waals surface area contributed by atoms with Gasteiger partial charge in [0.05, 0.1) is 23.1 Å². The summed E-state index contributed by atoms with van der Waals surface area (Å²) >= 11 is 5.67. The van der Waals surface area contributed by atoms with Gasteiger partial charge in [-0.05, 0) is 17.7 Å². The van der Waals surface area contributed by atoms with Crippen molar-refractivity contribution in [2.45, 2.75) is 12.6 Å². The third kappa shape index (κ3) is 5.28. The Hall–Kier alpha value is -2.94. The first-order valence-corrected chi connectivity index (χ1v) is 7.46. The molecule has 0 aliphatic rings. The molecule has 0 heterocycles. The average molecular weight is 386 g/mol. The summed E-state index contributed by atoms with van der Waals surface area (Å²) in [4.78, 5) is 21.9. The number of amides is 1. The van der Waals surface area contributed by atoms with Gasteiger partial charge in [-0.3, -0.25) is 14.9 Å². The lowest BCUT2D eigenvalue weighted by molar-refractivity contribution is -0.384. The van der Waals surface area contributed by atoms with Crippen LogP contribution in [0.5, 0.6) is 0 Å². The van der Waals surface area contributed by atoms with E-state index in [1.807, 2.05) is 0 Å². The van der Waals surface area contributed by atoms with Gasteiger partial charge in [0.2, 0.25) is 5.91 Å². The number of halogens is 4. The summed E-state index contributed by atoms with van der Waals surface area (Å²) in [6.45, 7) is 0. The normalized spacial score (nSPS) is 11.5. The number of hydrazone groups is 1. The fourth-order valence-electron chi connectivity index (χ4n) is 2.01. The van der Waals surface area contributed by atoms with E-state index in [4.69, 9.17) is 11.6 Å². The molecule has 6 nitrogen and oxygen atoms in total. The predicted molar refractivity (Wildman–Crippen MR) is 89.0 cm³/mol. The highest BCUT2D eigenvalue weighted by Gasteiger charge is 2.30. The van der Waals surface area contributed by atoms with Gasteiger partial charge in [-0.2, -0.15) is 18.3 Å². The van der Waals surface area contributed by atoms with Crippen molar-refractivity contribution < 1.29 is 22.9 Å². The van der Waals surface area contributed by atoms with Crippen molar-refractivity contribution in [2.24, 2.45) is 5.10 Å². The largest absolute Gasteiger partial charge is 0.416 e. The van der Waals surface area contributed by atoms with Gasteiger partial charge >= 0.3 is 6.18 Å². The molecule has 10 heteroatoms. The molecule has 0 aromatic heterocycles. The van der Waals surface area contributed by atoms with Crippen LogP contribution in [0.4, 0.5) is 18.9 Å². The van der Waals surface area contributed by atoms with Crippen LogP contribution in [0, 0.1) is 10.1 Å². The maximum absolute atomic E-state index is 12.6. The van der Waals surface area contributed by atoms with Crippen molar-refractivity contribution in [3.8, 4) is 0 Å². The van der Waals surface area contributed by atoms with Crippen molar-refractivity contribution in [2.75, 3.05) is 0 Å². The van der Waals surface area contributed by atoms with Gasteiger partial charge in [0.15, 0.2) is 0 Å². The molecule has 0 aliphatic carbocycles. The van der Waals surface area contributed by atoms with Crippen LogP contribution in [0.15, 0.2) is 47.6 Å². The van der Waals surface area contributed by atoms with Crippen molar-refractivity contribution >= 4 is 29.4 Å². The quantitative estimate of drug-likeness (QED) is 0.480.